The van der Waals surface area contributed by atoms with Crippen LogP contribution in [0.1, 0.15) is 63.5 Å². The number of hydrogen-bond donors (Lipinski definition) is 1. The monoisotopic (exact) mass is 591 g/mol. The number of sulfonamides is 1. The quantitative estimate of drug-likeness (QED) is 0.301. The second-order valence-electron chi connectivity index (χ2n) is 11.1. The standard InChI is InChI=1S/C33H41N3O5S/c1-24(2)27-17-19-29(20-18-27)36(42(39,40)31-15-6-5-7-16-31)23-32(37)35(22-26-11-10-14-30(21-26)41-4)25(3)33(38)34-28-12-8-9-13-28/h5-7,10-11,14-21,24-25,28H,8-9,12-13,22-23H2,1-4H3,(H,34,38)/t25-/m1/s1. The van der Waals surface area contributed by atoms with E-state index in [-0.39, 0.29) is 29.3 Å². The van der Waals surface area contributed by atoms with Crippen LogP contribution in [-0.4, -0.2) is 50.9 Å². The third-order valence-electron chi connectivity index (χ3n) is 7.81. The van der Waals surface area contributed by atoms with E-state index in [1.165, 1.54) is 17.0 Å². The number of nitrogens with one attached hydrogen (secondary N) is 1. The van der Waals surface area contributed by atoms with Gasteiger partial charge in [-0.25, -0.2) is 8.42 Å². The number of carbonyl (C=O) groups excluding carboxylic acids is 2. The first kappa shape index (κ1) is 31.1. The zero-order valence-corrected chi connectivity index (χ0v) is 25.6. The average molecular weight is 592 g/mol. The summed E-state index contributed by atoms with van der Waals surface area (Å²) in [6.45, 7) is 5.46. The highest BCUT2D eigenvalue weighted by molar-refractivity contribution is 7.92. The Morgan fingerprint density at radius 2 is 1.60 bits per heavy atom. The first-order chi connectivity index (χ1) is 20.1. The molecular weight excluding hydrogens is 550 g/mol. The maximum absolute atomic E-state index is 14.1. The molecule has 3 aromatic carbocycles. The predicted octanol–water partition coefficient (Wildman–Crippen LogP) is 5.49. The summed E-state index contributed by atoms with van der Waals surface area (Å²) in [5, 5.41) is 3.09. The molecule has 0 unspecified atom stereocenters. The van der Waals surface area contributed by atoms with Gasteiger partial charge >= 0.3 is 0 Å². The Kier molecular flexibility index (Phi) is 10.3. The van der Waals surface area contributed by atoms with Crippen LogP contribution < -0.4 is 14.4 Å². The highest BCUT2D eigenvalue weighted by Gasteiger charge is 2.33. The summed E-state index contributed by atoms with van der Waals surface area (Å²) in [5.74, 6) is 0.148. The number of nitrogens with zero attached hydrogens (tertiary/aromatic N) is 2. The zero-order valence-electron chi connectivity index (χ0n) is 24.8. The Morgan fingerprint density at radius 3 is 2.21 bits per heavy atom. The molecule has 1 fully saturated rings. The molecule has 9 heteroatoms. The maximum Gasteiger partial charge on any atom is 0.264 e. The molecule has 1 atom stereocenters. The molecule has 1 aliphatic carbocycles. The van der Waals surface area contributed by atoms with Gasteiger partial charge in [0.05, 0.1) is 17.7 Å². The molecule has 42 heavy (non-hydrogen) atoms. The summed E-state index contributed by atoms with van der Waals surface area (Å²) in [4.78, 5) is 29.0. The fourth-order valence-electron chi connectivity index (χ4n) is 5.22. The van der Waals surface area contributed by atoms with E-state index in [0.29, 0.717) is 11.4 Å². The third kappa shape index (κ3) is 7.50. The molecule has 0 aromatic heterocycles. The van der Waals surface area contributed by atoms with E-state index in [4.69, 9.17) is 4.74 Å². The third-order valence-corrected chi connectivity index (χ3v) is 9.60. The lowest BCUT2D eigenvalue weighted by Crippen LogP contribution is -2.52. The molecule has 8 nitrogen and oxygen atoms in total. The van der Waals surface area contributed by atoms with Crippen LogP contribution >= 0.6 is 0 Å². The van der Waals surface area contributed by atoms with E-state index in [2.05, 4.69) is 19.2 Å². The molecule has 0 aliphatic heterocycles. The smallest absolute Gasteiger partial charge is 0.264 e. The summed E-state index contributed by atoms with van der Waals surface area (Å²) in [7, 11) is -2.53. The zero-order chi connectivity index (χ0) is 30.3. The fraction of sp³-hybridized carbons (Fsp3) is 0.394. The summed E-state index contributed by atoms with van der Waals surface area (Å²) in [6.07, 6.45) is 3.96. The van der Waals surface area contributed by atoms with Crippen molar-refractivity contribution in [2.24, 2.45) is 0 Å². The molecule has 1 saturated carbocycles. The summed E-state index contributed by atoms with van der Waals surface area (Å²) in [6, 6.07) is 21.8. The molecule has 0 spiro atoms. The minimum Gasteiger partial charge on any atom is -0.497 e. The van der Waals surface area contributed by atoms with E-state index in [9.17, 15) is 18.0 Å². The SMILES string of the molecule is COc1cccc(CN(C(=O)CN(c2ccc(C(C)C)cc2)S(=O)(=O)c2ccccc2)[C@H](C)C(=O)NC2CCCC2)c1. The van der Waals surface area contributed by atoms with Crippen LogP contribution in [0, 0.1) is 0 Å². The molecule has 224 valence electrons. The van der Waals surface area contributed by atoms with Gasteiger partial charge in [0.15, 0.2) is 0 Å². The minimum atomic E-state index is -4.10. The molecule has 0 radical (unpaired) electrons. The summed E-state index contributed by atoms with van der Waals surface area (Å²) in [5.41, 5.74) is 2.20. The van der Waals surface area contributed by atoms with E-state index in [0.717, 1.165) is 41.1 Å². The topological polar surface area (TPSA) is 96.0 Å². The highest BCUT2D eigenvalue weighted by Crippen LogP contribution is 2.27. The van der Waals surface area contributed by atoms with Gasteiger partial charge in [0, 0.05) is 12.6 Å². The number of anilines is 1. The van der Waals surface area contributed by atoms with Crippen molar-refractivity contribution in [1.29, 1.82) is 0 Å². The lowest BCUT2D eigenvalue weighted by Gasteiger charge is -2.32. The predicted molar refractivity (Wildman–Crippen MR) is 165 cm³/mol. The number of amides is 2. The van der Waals surface area contributed by atoms with Crippen molar-refractivity contribution >= 4 is 27.5 Å². The summed E-state index contributed by atoms with van der Waals surface area (Å²) < 4.78 is 34.4. The van der Waals surface area contributed by atoms with Gasteiger partial charge < -0.3 is 15.0 Å². The van der Waals surface area contributed by atoms with Gasteiger partial charge in [0.1, 0.15) is 18.3 Å². The van der Waals surface area contributed by atoms with Gasteiger partial charge in [-0.15, -0.1) is 0 Å². The molecule has 3 aromatic rings. The van der Waals surface area contributed by atoms with Crippen molar-refractivity contribution in [3.8, 4) is 5.75 Å². The number of carbonyl (C=O) groups is 2. The fourth-order valence-corrected chi connectivity index (χ4v) is 6.65. The van der Waals surface area contributed by atoms with E-state index in [1.54, 1.807) is 50.4 Å². The largest absolute Gasteiger partial charge is 0.497 e. The number of ether oxygens (including phenoxy) is 1. The average Bonchev–Trinajstić information content (AvgIpc) is 3.51. The Bertz CT molecular complexity index is 1450. The van der Waals surface area contributed by atoms with Crippen molar-refractivity contribution in [3.05, 3.63) is 90.0 Å². The first-order valence-electron chi connectivity index (χ1n) is 14.5. The van der Waals surface area contributed by atoms with Gasteiger partial charge in [-0.3, -0.25) is 13.9 Å². The van der Waals surface area contributed by atoms with Crippen molar-refractivity contribution < 1.29 is 22.7 Å². The molecule has 1 aliphatic rings. The second-order valence-corrected chi connectivity index (χ2v) is 13.0. The van der Waals surface area contributed by atoms with Crippen molar-refractivity contribution in [2.45, 2.75) is 75.9 Å². The van der Waals surface area contributed by atoms with E-state index in [1.807, 2.05) is 30.3 Å². The Hall–Kier alpha value is -3.85. The molecular formula is C33H41N3O5S. The lowest BCUT2D eigenvalue weighted by molar-refractivity contribution is -0.139. The molecule has 2 amide bonds. The van der Waals surface area contributed by atoms with Crippen LogP contribution in [0.3, 0.4) is 0 Å². The summed E-state index contributed by atoms with van der Waals surface area (Å²) >= 11 is 0. The minimum absolute atomic E-state index is 0.0807. The highest BCUT2D eigenvalue weighted by atomic mass is 32.2. The number of benzene rings is 3. The number of rotatable bonds is 12. The Labute approximate surface area is 249 Å². The molecule has 0 bridgehead atoms. The number of hydrogen-bond acceptors (Lipinski definition) is 5. The first-order valence-corrected chi connectivity index (χ1v) is 15.9. The molecule has 0 saturated heterocycles. The van der Waals surface area contributed by atoms with Crippen LogP contribution in [-0.2, 0) is 26.2 Å². The van der Waals surface area contributed by atoms with Gasteiger partial charge in [-0.1, -0.05) is 69.2 Å². The lowest BCUT2D eigenvalue weighted by atomic mass is 10.0. The van der Waals surface area contributed by atoms with Gasteiger partial charge in [-0.05, 0) is 73.2 Å². The maximum atomic E-state index is 14.1. The Balaban J connectivity index is 1.69. The Morgan fingerprint density at radius 1 is 0.929 bits per heavy atom. The van der Waals surface area contributed by atoms with Crippen LogP contribution in [0.5, 0.6) is 5.75 Å². The van der Waals surface area contributed by atoms with Gasteiger partial charge in [0.25, 0.3) is 10.0 Å². The molecule has 1 N–H and O–H groups in total. The van der Waals surface area contributed by atoms with E-state index >= 15 is 0 Å². The van der Waals surface area contributed by atoms with Crippen molar-refractivity contribution in [3.63, 3.8) is 0 Å². The normalized spacial score (nSPS) is 14.4. The molecule has 0 heterocycles. The van der Waals surface area contributed by atoms with Crippen molar-refractivity contribution in [2.75, 3.05) is 18.0 Å². The van der Waals surface area contributed by atoms with Gasteiger partial charge in [-0.2, -0.15) is 0 Å². The van der Waals surface area contributed by atoms with Crippen LogP contribution in [0.2, 0.25) is 0 Å². The van der Waals surface area contributed by atoms with Crippen LogP contribution in [0.25, 0.3) is 0 Å². The molecule has 4 rings (SSSR count). The van der Waals surface area contributed by atoms with Crippen LogP contribution in [0.15, 0.2) is 83.8 Å². The van der Waals surface area contributed by atoms with Crippen molar-refractivity contribution in [1.82, 2.24) is 10.2 Å². The number of methoxy groups -OCH3 is 1. The van der Waals surface area contributed by atoms with E-state index < -0.39 is 28.5 Å². The van der Waals surface area contributed by atoms with Gasteiger partial charge in [0.2, 0.25) is 11.8 Å². The second kappa shape index (κ2) is 13.9. The van der Waals surface area contributed by atoms with Crippen LogP contribution in [0.4, 0.5) is 5.69 Å².